The van der Waals surface area contributed by atoms with Gasteiger partial charge in [0.2, 0.25) is 0 Å². The molecule has 0 aliphatic carbocycles. The lowest BCUT2D eigenvalue weighted by molar-refractivity contribution is 0.131. The van der Waals surface area contributed by atoms with E-state index < -0.39 is 0 Å². The lowest BCUT2D eigenvalue weighted by atomic mass is 10.0. The molecule has 0 amide bonds. The predicted octanol–water partition coefficient (Wildman–Crippen LogP) is 4.86. The van der Waals surface area contributed by atoms with Crippen LogP contribution in [-0.2, 0) is 6.42 Å². The predicted molar refractivity (Wildman–Crippen MR) is 92.8 cm³/mol. The number of nitrogens with zero attached hydrogens (tertiary/aromatic N) is 1. The van der Waals surface area contributed by atoms with Crippen LogP contribution >= 0.6 is 0 Å². The van der Waals surface area contributed by atoms with Gasteiger partial charge in [0.15, 0.2) is 0 Å². The molecule has 21 heavy (non-hydrogen) atoms. The minimum Gasteiger partial charge on any atom is -0.361 e. The summed E-state index contributed by atoms with van der Waals surface area (Å²) in [6.45, 7) is 13.9. The number of nitrogens with one attached hydrogen (secondary N) is 1. The quantitative estimate of drug-likeness (QED) is 0.803. The van der Waals surface area contributed by atoms with Crippen molar-refractivity contribution in [1.29, 1.82) is 0 Å². The molecule has 0 spiro atoms. The first-order chi connectivity index (χ1) is 9.88. The van der Waals surface area contributed by atoms with Crippen LogP contribution in [0.4, 0.5) is 0 Å². The van der Waals surface area contributed by atoms with Gasteiger partial charge in [0.05, 0.1) is 0 Å². The number of benzene rings is 1. The van der Waals surface area contributed by atoms with Gasteiger partial charge in [0, 0.05) is 29.2 Å². The molecule has 0 fully saturated rings. The van der Waals surface area contributed by atoms with Crippen molar-refractivity contribution < 1.29 is 0 Å². The summed E-state index contributed by atoms with van der Waals surface area (Å²) in [6, 6.07) is 8.59. The number of fused-ring (bicyclic) bond motifs is 1. The first kappa shape index (κ1) is 16.1. The fourth-order valence-electron chi connectivity index (χ4n) is 2.79. The molecule has 2 aromatic rings. The fourth-order valence-corrected chi connectivity index (χ4v) is 2.79. The summed E-state index contributed by atoms with van der Waals surface area (Å²) >= 11 is 0. The zero-order valence-electron chi connectivity index (χ0n) is 14.2. The first-order valence-corrected chi connectivity index (χ1v) is 8.18. The molecule has 2 rings (SSSR count). The van der Waals surface area contributed by atoms with Crippen LogP contribution in [0.25, 0.3) is 10.9 Å². The molecule has 0 radical (unpaired) electrons. The van der Waals surface area contributed by atoms with Crippen LogP contribution in [0.3, 0.4) is 0 Å². The molecule has 0 bridgehead atoms. The van der Waals surface area contributed by atoms with E-state index in [0.29, 0.717) is 0 Å². The lowest BCUT2D eigenvalue weighted by Crippen LogP contribution is -2.43. The van der Waals surface area contributed by atoms with E-state index in [-0.39, 0.29) is 5.54 Å². The standard InChI is InChI=1S/C19H30N2/c1-15(2)10-12-21(19(3,4)5)13-11-16-14-20-18-9-7-6-8-17(16)18/h6-9,14-15,20H,10-13H2,1-5H3. The van der Waals surface area contributed by atoms with Gasteiger partial charge in [-0.25, -0.2) is 0 Å². The van der Waals surface area contributed by atoms with Gasteiger partial charge in [-0.05, 0) is 57.7 Å². The average Bonchev–Trinajstić information content (AvgIpc) is 2.80. The van der Waals surface area contributed by atoms with E-state index in [0.717, 1.165) is 18.9 Å². The van der Waals surface area contributed by atoms with Crippen LogP contribution in [0.5, 0.6) is 0 Å². The Labute approximate surface area is 129 Å². The van der Waals surface area contributed by atoms with E-state index in [1.165, 1.54) is 29.4 Å². The summed E-state index contributed by atoms with van der Waals surface area (Å²) in [7, 11) is 0. The van der Waals surface area contributed by atoms with E-state index >= 15 is 0 Å². The Morgan fingerprint density at radius 1 is 1.10 bits per heavy atom. The zero-order valence-corrected chi connectivity index (χ0v) is 14.2. The van der Waals surface area contributed by atoms with Crippen molar-refractivity contribution in [3.8, 4) is 0 Å². The Kier molecular flexibility index (Phi) is 5.10. The smallest absolute Gasteiger partial charge is 0.0456 e. The van der Waals surface area contributed by atoms with Crippen molar-refractivity contribution in [1.82, 2.24) is 9.88 Å². The summed E-state index contributed by atoms with van der Waals surface area (Å²) in [5.41, 5.74) is 2.92. The molecule has 0 aliphatic rings. The number of para-hydroxylation sites is 1. The van der Waals surface area contributed by atoms with Gasteiger partial charge in [-0.1, -0.05) is 32.0 Å². The maximum absolute atomic E-state index is 3.38. The van der Waals surface area contributed by atoms with Gasteiger partial charge >= 0.3 is 0 Å². The molecule has 116 valence electrons. The van der Waals surface area contributed by atoms with Crippen molar-refractivity contribution in [2.75, 3.05) is 13.1 Å². The Hall–Kier alpha value is -1.28. The minimum atomic E-state index is 0.237. The average molecular weight is 286 g/mol. The minimum absolute atomic E-state index is 0.237. The molecule has 1 heterocycles. The molecule has 0 aliphatic heterocycles. The zero-order chi connectivity index (χ0) is 15.5. The number of rotatable bonds is 6. The van der Waals surface area contributed by atoms with E-state index in [1.807, 2.05) is 0 Å². The third-order valence-electron chi connectivity index (χ3n) is 4.25. The van der Waals surface area contributed by atoms with Crippen molar-refractivity contribution in [2.24, 2.45) is 5.92 Å². The van der Waals surface area contributed by atoms with Crippen LogP contribution in [-0.4, -0.2) is 28.5 Å². The number of aromatic amines is 1. The van der Waals surface area contributed by atoms with Gasteiger partial charge in [-0.2, -0.15) is 0 Å². The third-order valence-corrected chi connectivity index (χ3v) is 4.25. The topological polar surface area (TPSA) is 19.0 Å². The molecular formula is C19H30N2. The molecule has 0 unspecified atom stereocenters. The maximum atomic E-state index is 3.38. The van der Waals surface area contributed by atoms with Crippen molar-refractivity contribution in [3.63, 3.8) is 0 Å². The van der Waals surface area contributed by atoms with Crippen LogP contribution in [0.2, 0.25) is 0 Å². The van der Waals surface area contributed by atoms with E-state index in [9.17, 15) is 0 Å². The van der Waals surface area contributed by atoms with Crippen LogP contribution in [0.15, 0.2) is 30.5 Å². The molecule has 0 saturated heterocycles. The van der Waals surface area contributed by atoms with Crippen LogP contribution in [0, 0.1) is 5.92 Å². The largest absolute Gasteiger partial charge is 0.361 e. The summed E-state index contributed by atoms with van der Waals surface area (Å²) < 4.78 is 0. The van der Waals surface area contributed by atoms with Gasteiger partial charge in [-0.15, -0.1) is 0 Å². The lowest BCUT2D eigenvalue weighted by Gasteiger charge is -2.36. The second-order valence-corrected chi connectivity index (χ2v) is 7.45. The Bertz CT molecular complexity index is 560. The second kappa shape index (κ2) is 6.65. The second-order valence-electron chi connectivity index (χ2n) is 7.45. The molecule has 0 atom stereocenters. The number of H-pyrrole nitrogens is 1. The Morgan fingerprint density at radius 2 is 1.81 bits per heavy atom. The van der Waals surface area contributed by atoms with E-state index in [4.69, 9.17) is 0 Å². The summed E-state index contributed by atoms with van der Waals surface area (Å²) in [5.74, 6) is 0.767. The maximum Gasteiger partial charge on any atom is 0.0456 e. The highest BCUT2D eigenvalue weighted by Crippen LogP contribution is 2.21. The van der Waals surface area contributed by atoms with Crippen LogP contribution < -0.4 is 0 Å². The van der Waals surface area contributed by atoms with Crippen molar-refractivity contribution in [2.45, 2.75) is 53.0 Å². The van der Waals surface area contributed by atoms with Gasteiger partial charge < -0.3 is 4.98 Å². The van der Waals surface area contributed by atoms with Crippen molar-refractivity contribution >= 4 is 10.9 Å². The van der Waals surface area contributed by atoms with E-state index in [1.54, 1.807) is 0 Å². The van der Waals surface area contributed by atoms with Crippen molar-refractivity contribution in [3.05, 3.63) is 36.0 Å². The number of hydrogen-bond donors (Lipinski definition) is 1. The summed E-state index contributed by atoms with van der Waals surface area (Å²) in [5, 5.41) is 1.37. The molecule has 1 N–H and O–H groups in total. The normalized spacial score (nSPS) is 12.7. The van der Waals surface area contributed by atoms with Gasteiger partial charge in [-0.3, -0.25) is 4.90 Å². The molecule has 2 heteroatoms. The summed E-state index contributed by atoms with van der Waals surface area (Å²) in [4.78, 5) is 6.00. The van der Waals surface area contributed by atoms with E-state index in [2.05, 4.69) is 75.0 Å². The molecular weight excluding hydrogens is 256 g/mol. The SMILES string of the molecule is CC(C)CCN(CCc1c[nH]c2ccccc12)C(C)(C)C. The number of hydrogen-bond acceptors (Lipinski definition) is 1. The van der Waals surface area contributed by atoms with Crippen LogP contribution in [0.1, 0.15) is 46.6 Å². The first-order valence-electron chi connectivity index (χ1n) is 8.18. The Morgan fingerprint density at radius 3 is 2.48 bits per heavy atom. The highest BCUT2D eigenvalue weighted by Gasteiger charge is 2.21. The third kappa shape index (κ3) is 4.34. The Balaban J connectivity index is 2.04. The van der Waals surface area contributed by atoms with Gasteiger partial charge in [0.1, 0.15) is 0 Å². The highest BCUT2D eigenvalue weighted by atomic mass is 15.2. The fraction of sp³-hybridized carbons (Fsp3) is 0.579. The highest BCUT2D eigenvalue weighted by molar-refractivity contribution is 5.83. The monoisotopic (exact) mass is 286 g/mol. The molecule has 0 saturated carbocycles. The number of aromatic nitrogens is 1. The molecule has 1 aromatic heterocycles. The molecule has 2 nitrogen and oxygen atoms in total. The van der Waals surface area contributed by atoms with Gasteiger partial charge in [0.25, 0.3) is 0 Å². The summed E-state index contributed by atoms with van der Waals surface area (Å²) in [6.07, 6.45) is 4.55. The molecule has 1 aromatic carbocycles.